The molecule has 0 saturated heterocycles. The number of nitrogens with one attached hydrogen (secondary N) is 1. The molecule has 0 aliphatic carbocycles. The molecule has 0 amide bonds. The summed E-state index contributed by atoms with van der Waals surface area (Å²) in [4.78, 5) is 9.01. The third-order valence-electron chi connectivity index (χ3n) is 4.49. The van der Waals surface area contributed by atoms with E-state index >= 15 is 0 Å². The van der Waals surface area contributed by atoms with E-state index in [0.29, 0.717) is 21.8 Å². The molecule has 4 rings (SSSR count). The first-order valence-electron chi connectivity index (χ1n) is 9.27. The number of ether oxygens (including phenoxy) is 1. The number of aromatic nitrogens is 2. The van der Waals surface area contributed by atoms with Crippen molar-refractivity contribution >= 4 is 50.0 Å². The Labute approximate surface area is 185 Å². The maximum atomic E-state index is 12.9. The molecule has 158 valence electrons. The van der Waals surface area contributed by atoms with Crippen LogP contribution in [0.1, 0.15) is 5.56 Å². The van der Waals surface area contributed by atoms with Crippen LogP contribution in [0.3, 0.4) is 0 Å². The minimum Gasteiger partial charge on any atom is -0.497 e. The van der Waals surface area contributed by atoms with Gasteiger partial charge in [-0.15, -0.1) is 0 Å². The molecule has 0 aliphatic heterocycles. The lowest BCUT2D eigenvalue weighted by atomic mass is 10.2. The lowest BCUT2D eigenvalue weighted by Crippen LogP contribution is -2.03. The number of aryl methyl sites for hydroxylation is 1. The van der Waals surface area contributed by atoms with Gasteiger partial charge in [0.2, 0.25) is 10.0 Å². The molecule has 0 fully saturated rings. The molecular formula is C22H18ClN4O3S-. The van der Waals surface area contributed by atoms with Gasteiger partial charge in [-0.2, -0.15) is 0 Å². The van der Waals surface area contributed by atoms with Gasteiger partial charge >= 0.3 is 0 Å². The van der Waals surface area contributed by atoms with Crippen LogP contribution in [0.2, 0.25) is 5.02 Å². The molecule has 1 aromatic heterocycles. The average Bonchev–Trinajstić information content (AvgIpc) is 2.75. The number of anilines is 2. The number of hydrogen-bond donors (Lipinski definition) is 1. The van der Waals surface area contributed by atoms with E-state index in [1.165, 1.54) is 24.3 Å². The Hall–Kier alpha value is -3.36. The minimum atomic E-state index is -4.03. The van der Waals surface area contributed by atoms with Crippen molar-refractivity contribution in [3.63, 3.8) is 0 Å². The van der Waals surface area contributed by atoms with Gasteiger partial charge in [-0.3, -0.25) is 0 Å². The zero-order valence-electron chi connectivity index (χ0n) is 16.7. The van der Waals surface area contributed by atoms with E-state index in [9.17, 15) is 8.42 Å². The maximum absolute atomic E-state index is 12.9. The first-order valence-corrected chi connectivity index (χ1v) is 11.1. The molecule has 0 saturated carbocycles. The number of sulfonamides is 1. The largest absolute Gasteiger partial charge is 0.497 e. The van der Waals surface area contributed by atoms with Crippen LogP contribution >= 0.6 is 11.6 Å². The number of hydrogen-bond acceptors (Lipinski definition) is 6. The number of methoxy groups -OCH3 is 1. The van der Waals surface area contributed by atoms with Crippen LogP contribution in [0.5, 0.6) is 5.75 Å². The van der Waals surface area contributed by atoms with Crippen molar-refractivity contribution in [2.75, 3.05) is 12.4 Å². The Kier molecular flexibility index (Phi) is 5.67. The van der Waals surface area contributed by atoms with E-state index in [-0.39, 0.29) is 16.5 Å². The maximum Gasteiger partial charge on any atom is 0.202 e. The predicted octanol–water partition coefficient (Wildman–Crippen LogP) is 5.74. The van der Waals surface area contributed by atoms with E-state index in [2.05, 4.69) is 20.0 Å². The highest BCUT2D eigenvalue weighted by Gasteiger charge is 2.13. The molecule has 0 radical (unpaired) electrons. The van der Waals surface area contributed by atoms with Crippen molar-refractivity contribution < 1.29 is 13.2 Å². The topological polar surface area (TPSA) is 95.3 Å². The number of rotatable bonds is 6. The fourth-order valence-electron chi connectivity index (χ4n) is 2.85. The summed E-state index contributed by atoms with van der Waals surface area (Å²) in [6.07, 6.45) is 0. The Bertz CT molecular complexity index is 1340. The van der Waals surface area contributed by atoms with Crippen molar-refractivity contribution in [1.82, 2.24) is 9.97 Å². The monoisotopic (exact) mass is 453 g/mol. The van der Waals surface area contributed by atoms with Crippen LogP contribution in [-0.4, -0.2) is 25.5 Å². The van der Waals surface area contributed by atoms with Gasteiger partial charge in [0.05, 0.1) is 17.5 Å². The lowest BCUT2D eigenvalue weighted by Gasteiger charge is -2.21. The van der Waals surface area contributed by atoms with Crippen LogP contribution in [-0.2, 0) is 10.0 Å². The molecule has 0 atom stereocenters. The molecule has 0 unspecified atom stereocenters. The molecule has 9 heteroatoms. The van der Waals surface area contributed by atoms with Crippen molar-refractivity contribution in [3.05, 3.63) is 82.0 Å². The SMILES string of the molecule is COc1ccc2nc([N-]S(=O)(=O)c3ccc(Cl)cc3)c(Nc3ccc(C)cc3)nc2c1. The molecule has 3 aromatic carbocycles. The van der Waals surface area contributed by atoms with Crippen LogP contribution in [0.4, 0.5) is 17.3 Å². The Morgan fingerprint density at radius 2 is 1.65 bits per heavy atom. The Balaban J connectivity index is 1.79. The second-order valence-electron chi connectivity index (χ2n) is 6.76. The molecular weight excluding hydrogens is 436 g/mol. The zero-order chi connectivity index (χ0) is 22.0. The second-order valence-corrected chi connectivity index (χ2v) is 8.80. The van der Waals surface area contributed by atoms with E-state index in [1.807, 2.05) is 31.2 Å². The van der Waals surface area contributed by atoms with Crippen LogP contribution in [0.15, 0.2) is 71.6 Å². The van der Waals surface area contributed by atoms with Crippen molar-refractivity contribution in [2.45, 2.75) is 11.8 Å². The van der Waals surface area contributed by atoms with Gasteiger partial charge in [0.25, 0.3) is 0 Å². The van der Waals surface area contributed by atoms with E-state index in [0.717, 1.165) is 11.3 Å². The normalized spacial score (nSPS) is 11.3. The van der Waals surface area contributed by atoms with Crippen LogP contribution in [0.25, 0.3) is 15.8 Å². The second kappa shape index (κ2) is 8.41. The predicted molar refractivity (Wildman–Crippen MR) is 122 cm³/mol. The molecule has 1 heterocycles. The zero-order valence-corrected chi connectivity index (χ0v) is 18.3. The molecule has 7 nitrogen and oxygen atoms in total. The van der Waals surface area contributed by atoms with Crippen LogP contribution < -0.4 is 10.1 Å². The molecule has 0 bridgehead atoms. The van der Waals surface area contributed by atoms with Gasteiger partial charge in [0.15, 0.2) is 0 Å². The number of nitrogens with zero attached hydrogens (tertiary/aromatic N) is 3. The Morgan fingerprint density at radius 1 is 0.935 bits per heavy atom. The first kappa shape index (κ1) is 20.9. The third kappa shape index (κ3) is 4.70. The summed E-state index contributed by atoms with van der Waals surface area (Å²) >= 11 is 5.87. The summed E-state index contributed by atoms with van der Waals surface area (Å²) in [6, 6.07) is 18.5. The Morgan fingerprint density at radius 3 is 2.32 bits per heavy atom. The van der Waals surface area contributed by atoms with E-state index in [4.69, 9.17) is 16.3 Å². The molecule has 4 aromatic rings. The van der Waals surface area contributed by atoms with Gasteiger partial charge in [-0.1, -0.05) is 35.4 Å². The first-order chi connectivity index (χ1) is 14.8. The molecule has 31 heavy (non-hydrogen) atoms. The smallest absolute Gasteiger partial charge is 0.202 e. The third-order valence-corrected chi connectivity index (χ3v) is 6.02. The average molecular weight is 454 g/mol. The van der Waals surface area contributed by atoms with Gasteiger partial charge in [-0.25, -0.2) is 13.4 Å². The standard InChI is InChI=1S/C22H18ClN4O3S/c1-14-3-7-16(8-4-14)24-21-22(25-19-12-9-17(30-2)13-20(19)26-21)27-31(28,29)18-10-5-15(23)6-11-18/h3-13H,1-2H3,(H-,24,25,26,27)/q-1. The van der Waals surface area contributed by atoms with Gasteiger partial charge < -0.3 is 19.8 Å². The highest BCUT2D eigenvalue weighted by molar-refractivity contribution is 7.94. The van der Waals surface area contributed by atoms with Crippen LogP contribution in [0, 0.1) is 6.92 Å². The van der Waals surface area contributed by atoms with Crippen molar-refractivity contribution in [1.29, 1.82) is 0 Å². The lowest BCUT2D eigenvalue weighted by molar-refractivity contribution is 0.415. The quantitative estimate of drug-likeness (QED) is 0.400. The molecule has 0 spiro atoms. The highest BCUT2D eigenvalue weighted by Crippen LogP contribution is 2.35. The highest BCUT2D eigenvalue weighted by atomic mass is 35.5. The van der Waals surface area contributed by atoms with Gasteiger partial charge in [-0.05, 0) is 60.7 Å². The molecule has 1 N–H and O–H groups in total. The van der Waals surface area contributed by atoms with E-state index < -0.39 is 10.0 Å². The molecule has 0 aliphatic rings. The summed E-state index contributed by atoms with van der Waals surface area (Å²) in [6.45, 7) is 1.98. The summed E-state index contributed by atoms with van der Waals surface area (Å²) in [7, 11) is -2.48. The van der Waals surface area contributed by atoms with Crippen molar-refractivity contribution in [2.24, 2.45) is 0 Å². The summed E-state index contributed by atoms with van der Waals surface area (Å²) < 4.78 is 35.0. The number of halogens is 1. The minimum absolute atomic E-state index is 0.00909. The number of benzene rings is 3. The summed E-state index contributed by atoms with van der Waals surface area (Å²) in [5.74, 6) is 0.775. The van der Waals surface area contributed by atoms with Gasteiger partial charge in [0.1, 0.15) is 11.6 Å². The summed E-state index contributed by atoms with van der Waals surface area (Å²) in [5.41, 5.74) is 2.84. The van der Waals surface area contributed by atoms with E-state index in [1.54, 1.807) is 25.3 Å². The summed E-state index contributed by atoms with van der Waals surface area (Å²) in [5, 5.41) is 3.55. The number of fused-ring (bicyclic) bond motifs is 1. The fraction of sp³-hybridized carbons (Fsp3) is 0.0909. The van der Waals surface area contributed by atoms with Crippen molar-refractivity contribution in [3.8, 4) is 5.75 Å². The fourth-order valence-corrected chi connectivity index (χ4v) is 3.91. The van der Waals surface area contributed by atoms with Gasteiger partial charge in [0, 0.05) is 16.8 Å².